The summed E-state index contributed by atoms with van der Waals surface area (Å²) in [7, 11) is 0. The maximum Gasteiger partial charge on any atom is 0.343 e. The number of rotatable bonds is 3. The average molecular weight is 871 g/mol. The monoisotopic (exact) mass is 870 g/mol. The lowest BCUT2D eigenvalue weighted by atomic mass is 9.45. The van der Waals surface area contributed by atoms with Crippen LogP contribution in [0.2, 0.25) is 0 Å². The Hall–Kier alpha value is -6.82. The first-order chi connectivity index (χ1) is 31.8. The Bertz CT molecular complexity index is 3660. The SMILES string of the molecule is CC(C)(C)c1ccc(N2B3c4sc5ccccc5c4N(c4ccc(C(C)(C)C)cc4-c4ccccc4)c4cc5c(c(c43)-c3ccc4oc6ccccc6c4c32)C(C)(C)c2ccccc2-5)cc1. The molecule has 0 fully saturated rings. The second-order valence-electron chi connectivity index (χ2n) is 21.3. The van der Waals surface area contributed by atoms with Crippen molar-refractivity contribution in [2.24, 2.45) is 0 Å². The molecule has 3 aliphatic rings. The third-order valence-electron chi connectivity index (χ3n) is 14.9. The second kappa shape index (κ2) is 13.6. The van der Waals surface area contributed by atoms with Crippen LogP contribution in [0.1, 0.15) is 77.6 Å². The molecule has 0 unspecified atom stereocenters. The Labute approximate surface area is 392 Å². The van der Waals surface area contributed by atoms with E-state index in [2.05, 4.69) is 229 Å². The molecule has 3 nitrogen and oxygen atoms in total. The van der Waals surface area contributed by atoms with Crippen molar-refractivity contribution in [3.63, 3.8) is 0 Å². The third kappa shape index (κ3) is 5.44. The van der Waals surface area contributed by atoms with Crippen LogP contribution in [0.4, 0.5) is 28.4 Å². The van der Waals surface area contributed by atoms with Gasteiger partial charge >= 0.3 is 6.85 Å². The smallest absolute Gasteiger partial charge is 0.343 e. The number of nitrogens with zero attached hydrogens (tertiary/aromatic N) is 2. The van der Waals surface area contributed by atoms with Crippen molar-refractivity contribution in [2.45, 2.75) is 71.6 Å². The molecule has 0 atom stereocenters. The maximum absolute atomic E-state index is 6.79. The van der Waals surface area contributed by atoms with Crippen molar-refractivity contribution in [1.82, 2.24) is 0 Å². The van der Waals surface area contributed by atoms with Crippen LogP contribution >= 0.6 is 11.3 Å². The highest BCUT2D eigenvalue weighted by Gasteiger charge is 2.52. The molecule has 2 aliphatic heterocycles. The molecule has 0 N–H and O–H groups in total. The van der Waals surface area contributed by atoms with Crippen molar-refractivity contribution in [2.75, 3.05) is 9.71 Å². The maximum atomic E-state index is 6.79. The van der Waals surface area contributed by atoms with Crippen LogP contribution in [-0.2, 0) is 16.2 Å². The first-order valence-electron chi connectivity index (χ1n) is 23.5. The van der Waals surface area contributed by atoms with Gasteiger partial charge in [-0.25, -0.2) is 0 Å². The Morgan fingerprint density at radius 2 is 1.23 bits per heavy atom. The number of benzene rings is 8. The first-order valence-corrected chi connectivity index (χ1v) is 24.3. The van der Waals surface area contributed by atoms with E-state index in [1.807, 2.05) is 11.3 Å². The molecule has 10 aromatic rings. The van der Waals surface area contributed by atoms with E-state index < -0.39 is 0 Å². The number of anilines is 5. The minimum Gasteiger partial charge on any atom is -0.456 e. The number of hydrogen-bond donors (Lipinski definition) is 0. The van der Waals surface area contributed by atoms with Gasteiger partial charge in [-0.15, -0.1) is 11.3 Å². The molecular weight excluding hydrogens is 820 g/mol. The topological polar surface area (TPSA) is 19.6 Å². The van der Waals surface area contributed by atoms with Gasteiger partial charge in [-0.05, 0) is 115 Å². The zero-order valence-electron chi connectivity index (χ0n) is 38.9. The van der Waals surface area contributed by atoms with Crippen molar-refractivity contribution in [3.8, 4) is 33.4 Å². The lowest BCUT2D eigenvalue weighted by Crippen LogP contribution is -2.61. The quantitative estimate of drug-likeness (QED) is 0.165. The molecule has 66 heavy (non-hydrogen) atoms. The molecule has 0 saturated carbocycles. The Morgan fingerprint density at radius 3 is 2.00 bits per heavy atom. The molecule has 0 bridgehead atoms. The van der Waals surface area contributed by atoms with Gasteiger partial charge in [0.1, 0.15) is 11.2 Å². The normalized spacial score (nSPS) is 14.7. The van der Waals surface area contributed by atoms with Crippen LogP contribution in [0, 0.1) is 0 Å². The molecular formula is C61H51BN2OS. The van der Waals surface area contributed by atoms with Gasteiger partial charge in [0.2, 0.25) is 0 Å². The predicted molar refractivity (Wildman–Crippen MR) is 283 cm³/mol. The van der Waals surface area contributed by atoms with Crippen molar-refractivity contribution in [3.05, 3.63) is 186 Å². The minimum atomic E-state index is -0.267. The van der Waals surface area contributed by atoms with Crippen molar-refractivity contribution < 1.29 is 4.42 Å². The molecule has 0 saturated heterocycles. The summed E-state index contributed by atoms with van der Waals surface area (Å²) in [6.45, 7) is 18.6. The van der Waals surface area contributed by atoms with E-state index in [1.54, 1.807) is 0 Å². The first kappa shape index (κ1) is 39.5. The van der Waals surface area contributed by atoms with Crippen LogP contribution in [-0.4, -0.2) is 6.85 Å². The van der Waals surface area contributed by atoms with E-state index in [0.717, 1.165) is 21.9 Å². The van der Waals surface area contributed by atoms with Crippen molar-refractivity contribution >= 4 is 88.9 Å². The summed E-state index contributed by atoms with van der Waals surface area (Å²) in [5.41, 5.74) is 22.0. The van der Waals surface area contributed by atoms with Crippen LogP contribution in [0.5, 0.6) is 0 Å². The van der Waals surface area contributed by atoms with Gasteiger partial charge in [0.15, 0.2) is 0 Å². The lowest BCUT2D eigenvalue weighted by Gasteiger charge is -2.46. The average Bonchev–Trinajstić information content (AvgIpc) is 3.96. The molecule has 320 valence electrons. The number of thiophene rings is 1. The van der Waals surface area contributed by atoms with Crippen molar-refractivity contribution in [1.29, 1.82) is 0 Å². The van der Waals surface area contributed by atoms with E-state index in [-0.39, 0.29) is 23.1 Å². The van der Waals surface area contributed by atoms with Gasteiger partial charge in [0.05, 0.1) is 16.8 Å². The van der Waals surface area contributed by atoms with Gasteiger partial charge in [-0.2, -0.15) is 0 Å². The summed E-state index contributed by atoms with van der Waals surface area (Å²) in [6, 6.07) is 61.8. The zero-order valence-corrected chi connectivity index (χ0v) is 39.7. The second-order valence-corrected chi connectivity index (χ2v) is 22.4. The number of hydrogen-bond acceptors (Lipinski definition) is 4. The third-order valence-corrected chi connectivity index (χ3v) is 16.1. The molecule has 5 heteroatoms. The molecule has 0 radical (unpaired) electrons. The number of furan rings is 1. The van der Waals surface area contributed by atoms with Gasteiger partial charge < -0.3 is 14.1 Å². The Morgan fingerprint density at radius 1 is 0.545 bits per heavy atom. The summed E-state index contributed by atoms with van der Waals surface area (Å²) in [5.74, 6) is 0. The summed E-state index contributed by atoms with van der Waals surface area (Å²) < 4.78 is 9.42. The van der Waals surface area contributed by atoms with Crippen LogP contribution in [0.25, 0.3) is 65.4 Å². The van der Waals surface area contributed by atoms with Gasteiger partial charge in [0.25, 0.3) is 0 Å². The summed E-state index contributed by atoms with van der Waals surface area (Å²) >= 11 is 1.95. The zero-order chi connectivity index (χ0) is 45.0. The lowest BCUT2D eigenvalue weighted by molar-refractivity contribution is 0.590. The van der Waals surface area contributed by atoms with E-state index in [0.29, 0.717) is 0 Å². The number of para-hydroxylation sites is 1. The van der Waals surface area contributed by atoms with Gasteiger partial charge in [-0.3, -0.25) is 0 Å². The molecule has 4 heterocycles. The molecule has 0 amide bonds. The Balaban J connectivity index is 1.24. The minimum absolute atomic E-state index is 0.0102. The molecule has 0 spiro atoms. The molecule has 8 aromatic carbocycles. The fourth-order valence-corrected chi connectivity index (χ4v) is 13.0. The Kier molecular flexibility index (Phi) is 8.16. The van der Waals surface area contributed by atoms with E-state index in [1.165, 1.54) is 104 Å². The summed E-state index contributed by atoms with van der Waals surface area (Å²) in [4.78, 5) is 5.37. The largest absolute Gasteiger partial charge is 0.456 e. The standard InChI is InChI=1S/C61H51BN2OS/c1-59(2,3)37-26-29-39(30-27-37)64-56-43(31-33-50-52(56)41-21-13-16-24-49(41)65-50)53-54-45(40-20-12-15-23-46(40)61(54,7)8)35-48-55(53)62(64)58-57(42-22-14-17-25-51(42)66-58)63(48)47-32-28-38(60(4,5)6)34-44(47)36-18-10-9-11-19-36/h9-35H,1-8H3. The molecule has 1 aliphatic carbocycles. The number of fused-ring (bicyclic) bond motifs is 14. The highest BCUT2D eigenvalue weighted by molar-refractivity contribution is 7.32. The van der Waals surface area contributed by atoms with Crippen LogP contribution in [0.3, 0.4) is 0 Å². The van der Waals surface area contributed by atoms with Gasteiger partial charge in [0, 0.05) is 53.9 Å². The van der Waals surface area contributed by atoms with E-state index in [4.69, 9.17) is 4.42 Å². The molecule has 2 aromatic heterocycles. The highest BCUT2D eigenvalue weighted by Crippen LogP contribution is 2.60. The fraction of sp³-hybridized carbons (Fsp3) is 0.180. The highest BCUT2D eigenvalue weighted by atomic mass is 32.1. The van der Waals surface area contributed by atoms with E-state index in [9.17, 15) is 0 Å². The predicted octanol–water partition coefficient (Wildman–Crippen LogP) is 16.1. The van der Waals surface area contributed by atoms with Crippen LogP contribution < -0.4 is 20.0 Å². The molecule has 13 rings (SSSR count). The summed E-state index contributed by atoms with van der Waals surface area (Å²) in [6.07, 6.45) is 0. The van der Waals surface area contributed by atoms with Crippen LogP contribution in [0.15, 0.2) is 168 Å². The summed E-state index contributed by atoms with van der Waals surface area (Å²) in [5, 5.41) is 3.57. The van der Waals surface area contributed by atoms with E-state index >= 15 is 0 Å². The van der Waals surface area contributed by atoms with Gasteiger partial charge in [-0.1, -0.05) is 165 Å². The fourth-order valence-electron chi connectivity index (χ4n) is 11.7.